The molecular formula is C10H30BrN3. The summed E-state index contributed by atoms with van der Waals surface area (Å²) in [5.74, 6) is 0. The van der Waals surface area contributed by atoms with Gasteiger partial charge in [0.15, 0.2) is 0 Å². The Hall–Kier alpha value is 0.360. The molecule has 0 amide bonds. The molecule has 0 aromatic rings. The lowest BCUT2D eigenvalue weighted by Crippen LogP contribution is -1.80. The van der Waals surface area contributed by atoms with Gasteiger partial charge < -0.3 is 18.5 Å². The molecule has 0 saturated heterocycles. The molecule has 3 nitrogen and oxygen atoms in total. The first-order valence-electron chi connectivity index (χ1n) is 4.97. The first-order chi connectivity index (χ1) is 5.41. The third-order valence-corrected chi connectivity index (χ3v) is 2.55. The van der Waals surface area contributed by atoms with Gasteiger partial charge in [-0.25, -0.2) is 0 Å². The molecule has 4 heteroatoms. The molecule has 0 heterocycles. The van der Waals surface area contributed by atoms with Crippen molar-refractivity contribution in [2.75, 3.05) is 5.33 Å². The molecule has 0 saturated carbocycles. The Bertz CT molecular complexity index is 64.4. The van der Waals surface area contributed by atoms with Crippen molar-refractivity contribution in [3.8, 4) is 0 Å². The SMILES string of the molecule is CCCCCCCCCCBr.N.N.N. The highest BCUT2D eigenvalue weighted by Crippen LogP contribution is 2.08. The van der Waals surface area contributed by atoms with Crippen molar-refractivity contribution in [2.24, 2.45) is 0 Å². The molecule has 92 valence electrons. The molecule has 0 aliphatic rings. The van der Waals surface area contributed by atoms with E-state index in [1.165, 1.54) is 56.7 Å². The van der Waals surface area contributed by atoms with E-state index in [0.717, 1.165) is 0 Å². The summed E-state index contributed by atoms with van der Waals surface area (Å²) in [6.07, 6.45) is 11.4. The van der Waals surface area contributed by atoms with Gasteiger partial charge >= 0.3 is 0 Å². The van der Waals surface area contributed by atoms with Gasteiger partial charge in [-0.2, -0.15) is 0 Å². The predicted molar refractivity (Wildman–Crippen MR) is 71.5 cm³/mol. The standard InChI is InChI=1S/C10H21Br.3H3N/c1-2-3-4-5-6-7-8-9-10-11;;;/h2-10H2,1H3;3*1H3. The van der Waals surface area contributed by atoms with Crippen LogP contribution in [0.1, 0.15) is 58.3 Å². The zero-order valence-corrected chi connectivity index (χ0v) is 11.4. The molecule has 14 heavy (non-hydrogen) atoms. The van der Waals surface area contributed by atoms with Crippen LogP contribution in [0.3, 0.4) is 0 Å². The summed E-state index contributed by atoms with van der Waals surface area (Å²) in [6, 6.07) is 0. The molecule has 0 radical (unpaired) electrons. The van der Waals surface area contributed by atoms with Crippen LogP contribution in [0, 0.1) is 0 Å². The molecule has 0 aliphatic carbocycles. The normalized spacial score (nSPS) is 8.14. The highest BCUT2D eigenvalue weighted by Gasteiger charge is 1.89. The van der Waals surface area contributed by atoms with Crippen LogP contribution in [0.15, 0.2) is 0 Å². The average molecular weight is 272 g/mol. The van der Waals surface area contributed by atoms with Crippen LogP contribution in [0.25, 0.3) is 0 Å². The predicted octanol–water partition coefficient (Wildman–Crippen LogP) is 5.01. The van der Waals surface area contributed by atoms with Crippen molar-refractivity contribution >= 4 is 15.9 Å². The molecule has 0 aromatic carbocycles. The fraction of sp³-hybridized carbons (Fsp3) is 1.00. The number of hydrogen-bond donors (Lipinski definition) is 3. The zero-order chi connectivity index (χ0) is 8.36. The number of unbranched alkanes of at least 4 members (excludes halogenated alkanes) is 7. The third-order valence-electron chi connectivity index (χ3n) is 1.99. The summed E-state index contributed by atoms with van der Waals surface area (Å²) in [5.41, 5.74) is 0. The summed E-state index contributed by atoms with van der Waals surface area (Å²) in [7, 11) is 0. The van der Waals surface area contributed by atoms with Gasteiger partial charge in [0.2, 0.25) is 0 Å². The second-order valence-electron chi connectivity index (χ2n) is 3.16. The maximum atomic E-state index is 3.44. The number of halogens is 1. The van der Waals surface area contributed by atoms with Gasteiger partial charge in [0, 0.05) is 5.33 Å². The van der Waals surface area contributed by atoms with Crippen molar-refractivity contribution < 1.29 is 0 Å². The first kappa shape index (κ1) is 23.9. The lowest BCUT2D eigenvalue weighted by molar-refractivity contribution is 0.587. The topological polar surface area (TPSA) is 105 Å². The van der Waals surface area contributed by atoms with Gasteiger partial charge in [0.1, 0.15) is 0 Å². The third kappa shape index (κ3) is 22.8. The lowest BCUT2D eigenvalue weighted by atomic mass is 10.1. The largest absolute Gasteiger partial charge is 0.344 e. The maximum absolute atomic E-state index is 3.44. The van der Waals surface area contributed by atoms with Gasteiger partial charge in [-0.1, -0.05) is 67.8 Å². The van der Waals surface area contributed by atoms with Crippen LogP contribution < -0.4 is 18.5 Å². The van der Waals surface area contributed by atoms with E-state index in [4.69, 9.17) is 0 Å². The monoisotopic (exact) mass is 271 g/mol. The Kier molecular flexibility index (Phi) is 39.7. The fourth-order valence-electron chi connectivity index (χ4n) is 1.23. The molecule has 0 rings (SSSR count). The highest BCUT2D eigenvalue weighted by atomic mass is 79.9. The van der Waals surface area contributed by atoms with E-state index in [0.29, 0.717) is 0 Å². The zero-order valence-electron chi connectivity index (χ0n) is 9.86. The Morgan fingerprint density at radius 1 is 0.643 bits per heavy atom. The van der Waals surface area contributed by atoms with Crippen molar-refractivity contribution in [1.82, 2.24) is 18.5 Å². The molecule has 0 aliphatic heterocycles. The first-order valence-corrected chi connectivity index (χ1v) is 6.10. The number of alkyl halides is 1. The summed E-state index contributed by atoms with van der Waals surface area (Å²) in [6.45, 7) is 2.27. The van der Waals surface area contributed by atoms with E-state index in [2.05, 4.69) is 22.9 Å². The maximum Gasteiger partial charge on any atom is 0.00313 e. The Balaban J connectivity index is -0.000000167. The van der Waals surface area contributed by atoms with E-state index < -0.39 is 0 Å². The minimum absolute atomic E-state index is 0. The number of hydrogen-bond acceptors (Lipinski definition) is 3. The van der Waals surface area contributed by atoms with Crippen molar-refractivity contribution in [3.05, 3.63) is 0 Å². The Morgan fingerprint density at radius 3 is 1.36 bits per heavy atom. The van der Waals surface area contributed by atoms with E-state index in [9.17, 15) is 0 Å². The van der Waals surface area contributed by atoms with E-state index in [1.807, 2.05) is 0 Å². The summed E-state index contributed by atoms with van der Waals surface area (Å²) in [4.78, 5) is 0. The highest BCUT2D eigenvalue weighted by molar-refractivity contribution is 9.09. The molecule has 0 atom stereocenters. The fourth-order valence-corrected chi connectivity index (χ4v) is 1.62. The average Bonchev–Trinajstić information content (AvgIpc) is 2.03. The van der Waals surface area contributed by atoms with Crippen molar-refractivity contribution in [2.45, 2.75) is 58.3 Å². The molecule has 0 spiro atoms. The van der Waals surface area contributed by atoms with Gasteiger partial charge in [0.05, 0.1) is 0 Å². The Morgan fingerprint density at radius 2 is 1.00 bits per heavy atom. The Labute approximate surface area is 98.3 Å². The second kappa shape index (κ2) is 23.3. The van der Waals surface area contributed by atoms with E-state index in [-0.39, 0.29) is 18.5 Å². The van der Waals surface area contributed by atoms with Crippen LogP contribution in [0.2, 0.25) is 0 Å². The van der Waals surface area contributed by atoms with Gasteiger partial charge in [-0.3, -0.25) is 0 Å². The van der Waals surface area contributed by atoms with Crippen LogP contribution in [-0.4, -0.2) is 5.33 Å². The van der Waals surface area contributed by atoms with Crippen LogP contribution >= 0.6 is 15.9 Å². The minimum Gasteiger partial charge on any atom is -0.344 e. The summed E-state index contributed by atoms with van der Waals surface area (Å²) in [5, 5.41) is 1.18. The summed E-state index contributed by atoms with van der Waals surface area (Å²) >= 11 is 3.44. The van der Waals surface area contributed by atoms with Gasteiger partial charge in [-0.15, -0.1) is 0 Å². The van der Waals surface area contributed by atoms with Crippen LogP contribution in [0.4, 0.5) is 0 Å². The second-order valence-corrected chi connectivity index (χ2v) is 3.96. The lowest BCUT2D eigenvalue weighted by Gasteiger charge is -1.98. The van der Waals surface area contributed by atoms with Gasteiger partial charge in [-0.05, 0) is 6.42 Å². The van der Waals surface area contributed by atoms with Crippen LogP contribution in [-0.2, 0) is 0 Å². The minimum atomic E-state index is 0. The molecular weight excluding hydrogens is 242 g/mol. The molecule has 0 bridgehead atoms. The van der Waals surface area contributed by atoms with E-state index >= 15 is 0 Å². The van der Waals surface area contributed by atoms with Crippen molar-refractivity contribution in [3.63, 3.8) is 0 Å². The quantitative estimate of drug-likeness (QED) is 0.427. The van der Waals surface area contributed by atoms with Crippen molar-refractivity contribution in [1.29, 1.82) is 0 Å². The van der Waals surface area contributed by atoms with Crippen LogP contribution in [0.5, 0.6) is 0 Å². The smallest absolute Gasteiger partial charge is 0.00313 e. The van der Waals surface area contributed by atoms with Gasteiger partial charge in [0.25, 0.3) is 0 Å². The molecule has 0 unspecified atom stereocenters. The molecule has 0 aromatic heterocycles. The molecule has 9 N–H and O–H groups in total. The number of rotatable bonds is 8. The summed E-state index contributed by atoms with van der Waals surface area (Å²) < 4.78 is 0. The molecule has 0 fully saturated rings. The van der Waals surface area contributed by atoms with E-state index in [1.54, 1.807) is 0 Å².